The Bertz CT molecular complexity index is 607. The Balaban J connectivity index is 1.64. The lowest BCUT2D eigenvalue weighted by atomic mass is 9.98. The number of hydrogen-bond acceptors (Lipinski definition) is 15. The lowest BCUT2D eigenvalue weighted by molar-refractivity contribution is -0.339. The van der Waals surface area contributed by atoms with E-state index in [0.717, 1.165) is 0 Å². The maximum absolute atomic E-state index is 10.3. The normalized spacial score (nSPS) is 51.1. The van der Waals surface area contributed by atoms with E-state index in [4.69, 9.17) is 23.7 Å². The van der Waals surface area contributed by atoms with Crippen LogP contribution in [0.3, 0.4) is 0 Å². The van der Waals surface area contributed by atoms with Gasteiger partial charge in [0, 0.05) is 0 Å². The first-order chi connectivity index (χ1) is 15.6. The summed E-state index contributed by atoms with van der Waals surface area (Å²) in [5.41, 5.74) is 0. The van der Waals surface area contributed by atoms with Gasteiger partial charge in [0.1, 0.15) is 73.2 Å². The number of aliphatic hydroxyl groups excluding tert-OH is 10. The van der Waals surface area contributed by atoms with Gasteiger partial charge in [0.15, 0.2) is 12.6 Å². The van der Waals surface area contributed by atoms with Crippen molar-refractivity contribution in [2.45, 2.75) is 85.8 Å². The number of ether oxygens (including phenoxy) is 5. The van der Waals surface area contributed by atoms with Crippen LogP contribution in [0, 0.1) is 0 Å². The van der Waals surface area contributed by atoms with Crippen LogP contribution in [0.4, 0.5) is 0 Å². The molecule has 2 unspecified atom stereocenters. The van der Waals surface area contributed by atoms with Crippen LogP contribution < -0.4 is 0 Å². The predicted molar refractivity (Wildman–Crippen MR) is 100 cm³/mol. The molecule has 0 aromatic heterocycles. The molecular weight excluding hydrogens is 456 g/mol. The van der Waals surface area contributed by atoms with Gasteiger partial charge in [0.05, 0.1) is 26.4 Å². The average molecular weight is 488 g/mol. The van der Waals surface area contributed by atoms with Gasteiger partial charge in [-0.05, 0) is 0 Å². The molecule has 0 saturated carbocycles. The second kappa shape index (κ2) is 11.4. The highest BCUT2D eigenvalue weighted by Crippen LogP contribution is 2.30. The van der Waals surface area contributed by atoms with Gasteiger partial charge in [-0.15, -0.1) is 0 Å². The molecule has 0 spiro atoms. The van der Waals surface area contributed by atoms with E-state index in [-0.39, 0.29) is 0 Å². The summed E-state index contributed by atoms with van der Waals surface area (Å²) in [5.74, 6) is 0. The molecule has 10 N–H and O–H groups in total. The van der Waals surface area contributed by atoms with Crippen molar-refractivity contribution in [1.29, 1.82) is 0 Å². The predicted octanol–water partition coefficient (Wildman–Crippen LogP) is -6.89. The zero-order valence-electron chi connectivity index (χ0n) is 17.4. The summed E-state index contributed by atoms with van der Waals surface area (Å²) in [5, 5.41) is 98.6. The van der Waals surface area contributed by atoms with Crippen molar-refractivity contribution in [3.8, 4) is 0 Å². The fourth-order valence-corrected chi connectivity index (χ4v) is 4.00. The van der Waals surface area contributed by atoms with Crippen LogP contribution in [-0.4, -0.2) is 163 Å². The van der Waals surface area contributed by atoms with E-state index in [1.54, 1.807) is 0 Å². The Morgan fingerprint density at radius 3 is 1.55 bits per heavy atom. The lowest BCUT2D eigenvalue weighted by Gasteiger charge is -2.43. The molecule has 3 aliphatic heterocycles. The lowest BCUT2D eigenvalue weighted by Crippen LogP contribution is -2.62. The zero-order valence-corrected chi connectivity index (χ0v) is 17.4. The largest absolute Gasteiger partial charge is 0.394 e. The molecule has 3 fully saturated rings. The standard InChI is InChI=1S/C18H32O15/c19-1-5-9(22)12(25)14(27)17(31-5)29-4-8-10(23)13(26)15(28)18(32-8)33-16-7(3-21)30-6(2-20)11(16)24/h5-28H,1-4H2/t5-,6-,7-,8-,9+,10-,11+,12+,13+,14-,15-,16-,17?,18?/m1/s1. The molecule has 33 heavy (non-hydrogen) atoms. The minimum absolute atomic E-state index is 0.556. The van der Waals surface area contributed by atoms with Crippen molar-refractivity contribution in [3.63, 3.8) is 0 Å². The fraction of sp³-hybridized carbons (Fsp3) is 1.00. The molecule has 0 bridgehead atoms. The van der Waals surface area contributed by atoms with Crippen molar-refractivity contribution < 1.29 is 74.7 Å². The fourth-order valence-electron chi connectivity index (χ4n) is 4.00. The van der Waals surface area contributed by atoms with Crippen LogP contribution in [0.1, 0.15) is 0 Å². The van der Waals surface area contributed by atoms with Crippen molar-refractivity contribution in [1.82, 2.24) is 0 Å². The molecule has 3 heterocycles. The van der Waals surface area contributed by atoms with E-state index >= 15 is 0 Å². The van der Waals surface area contributed by atoms with E-state index in [1.807, 2.05) is 0 Å². The molecule has 0 amide bonds. The van der Waals surface area contributed by atoms with E-state index in [1.165, 1.54) is 0 Å². The van der Waals surface area contributed by atoms with Crippen LogP contribution in [0.15, 0.2) is 0 Å². The first-order valence-electron chi connectivity index (χ1n) is 10.5. The van der Waals surface area contributed by atoms with Crippen molar-refractivity contribution in [2.75, 3.05) is 26.4 Å². The molecule has 0 aromatic carbocycles. The summed E-state index contributed by atoms with van der Waals surface area (Å²) >= 11 is 0. The molecule has 0 aromatic rings. The highest BCUT2D eigenvalue weighted by atomic mass is 16.7. The maximum atomic E-state index is 10.3. The topological polar surface area (TPSA) is 248 Å². The third-order valence-electron chi connectivity index (χ3n) is 6.03. The molecule has 0 aliphatic carbocycles. The van der Waals surface area contributed by atoms with E-state index in [0.29, 0.717) is 0 Å². The molecule has 0 radical (unpaired) electrons. The molecule has 194 valence electrons. The van der Waals surface area contributed by atoms with Crippen molar-refractivity contribution in [3.05, 3.63) is 0 Å². The summed E-state index contributed by atoms with van der Waals surface area (Å²) in [4.78, 5) is 0. The molecule has 14 atom stereocenters. The minimum atomic E-state index is -1.78. The zero-order chi connectivity index (χ0) is 24.4. The molecule has 3 rings (SSSR count). The van der Waals surface area contributed by atoms with Crippen LogP contribution in [0.5, 0.6) is 0 Å². The SMILES string of the molecule is OC[C@H]1OC(OC[C@H]2OC(O[C@H]3[C@@H](O)[C@@H](CO)O[C@@H]3CO)[C@H](O)[C@@H](O)[C@@H]2O)[C@H](O)[C@@H](O)[C@H]1O. The summed E-state index contributed by atoms with van der Waals surface area (Å²) in [6.07, 6.45) is -20.8. The van der Waals surface area contributed by atoms with Gasteiger partial charge in [-0.2, -0.15) is 0 Å². The monoisotopic (exact) mass is 488 g/mol. The first-order valence-corrected chi connectivity index (χ1v) is 10.5. The van der Waals surface area contributed by atoms with Crippen LogP contribution >= 0.6 is 0 Å². The Kier molecular flexibility index (Phi) is 9.35. The Morgan fingerprint density at radius 2 is 0.970 bits per heavy atom. The second-order valence-electron chi connectivity index (χ2n) is 8.21. The van der Waals surface area contributed by atoms with Gasteiger partial charge < -0.3 is 74.7 Å². The number of aliphatic hydroxyl groups is 10. The van der Waals surface area contributed by atoms with Gasteiger partial charge in [-0.1, -0.05) is 0 Å². The Hall–Kier alpha value is -0.600. The van der Waals surface area contributed by atoms with Crippen molar-refractivity contribution in [2.24, 2.45) is 0 Å². The molecule has 15 nitrogen and oxygen atoms in total. The molecule has 3 aliphatic rings. The van der Waals surface area contributed by atoms with Gasteiger partial charge in [-0.25, -0.2) is 0 Å². The number of hydrogen-bond donors (Lipinski definition) is 10. The quantitative estimate of drug-likeness (QED) is 0.152. The van der Waals surface area contributed by atoms with Gasteiger partial charge in [0.25, 0.3) is 0 Å². The van der Waals surface area contributed by atoms with Gasteiger partial charge in [-0.3, -0.25) is 0 Å². The Morgan fingerprint density at radius 1 is 0.485 bits per heavy atom. The highest BCUT2D eigenvalue weighted by Gasteiger charge is 2.51. The Labute approximate surface area is 187 Å². The third-order valence-corrected chi connectivity index (χ3v) is 6.03. The highest BCUT2D eigenvalue weighted by molar-refractivity contribution is 4.95. The van der Waals surface area contributed by atoms with Crippen LogP contribution in [-0.2, 0) is 23.7 Å². The first kappa shape index (κ1) is 27.0. The summed E-state index contributed by atoms with van der Waals surface area (Å²) < 4.78 is 26.7. The van der Waals surface area contributed by atoms with E-state index in [2.05, 4.69) is 0 Å². The van der Waals surface area contributed by atoms with Crippen LogP contribution in [0.2, 0.25) is 0 Å². The van der Waals surface area contributed by atoms with Gasteiger partial charge >= 0.3 is 0 Å². The van der Waals surface area contributed by atoms with E-state index in [9.17, 15) is 51.1 Å². The smallest absolute Gasteiger partial charge is 0.187 e. The van der Waals surface area contributed by atoms with E-state index < -0.39 is 112 Å². The number of rotatable bonds is 8. The summed E-state index contributed by atoms with van der Waals surface area (Å²) in [7, 11) is 0. The molecule has 3 saturated heterocycles. The average Bonchev–Trinajstić information content (AvgIpc) is 3.12. The van der Waals surface area contributed by atoms with Gasteiger partial charge in [0.2, 0.25) is 0 Å². The van der Waals surface area contributed by atoms with Crippen LogP contribution in [0.25, 0.3) is 0 Å². The molecule has 15 heteroatoms. The molecular formula is C18H32O15. The van der Waals surface area contributed by atoms with Crippen molar-refractivity contribution >= 4 is 0 Å². The summed E-state index contributed by atoms with van der Waals surface area (Å²) in [6.45, 7) is -2.39. The second-order valence-corrected chi connectivity index (χ2v) is 8.21. The third kappa shape index (κ3) is 5.48. The maximum Gasteiger partial charge on any atom is 0.187 e. The summed E-state index contributed by atoms with van der Waals surface area (Å²) in [6, 6.07) is 0. The minimum Gasteiger partial charge on any atom is -0.394 e.